The van der Waals surface area contributed by atoms with Crippen molar-refractivity contribution in [3.05, 3.63) is 58.3 Å². The maximum atomic E-state index is 13.9. The molecule has 0 aliphatic carbocycles. The number of halogens is 2. The number of rotatable bonds is 5. The third kappa shape index (κ3) is 5.24. The van der Waals surface area contributed by atoms with E-state index in [1.807, 2.05) is 0 Å². The Morgan fingerprint density at radius 2 is 1.73 bits per heavy atom. The van der Waals surface area contributed by atoms with Crippen LogP contribution in [-0.4, -0.2) is 43.7 Å². The van der Waals surface area contributed by atoms with Crippen LogP contribution < -0.4 is 10.6 Å². The predicted molar refractivity (Wildman–Crippen MR) is 114 cm³/mol. The summed E-state index contributed by atoms with van der Waals surface area (Å²) in [6, 6.07) is 9.86. The summed E-state index contributed by atoms with van der Waals surface area (Å²) in [7, 11) is -3.68. The molecule has 2 N–H and O–H groups in total. The Balaban J connectivity index is 1.61. The Labute approximate surface area is 182 Å². The van der Waals surface area contributed by atoms with Crippen LogP contribution in [0.4, 0.5) is 10.1 Å². The molecular formula is C20H21BrFN3O4S. The Bertz CT molecular complexity index is 1050. The number of piperidine rings is 1. The summed E-state index contributed by atoms with van der Waals surface area (Å²) in [4.78, 5) is 23.6. The number of anilines is 1. The van der Waals surface area contributed by atoms with Crippen molar-refractivity contribution >= 4 is 43.5 Å². The number of hydrogen-bond acceptors (Lipinski definition) is 4. The predicted octanol–water partition coefficient (Wildman–Crippen LogP) is 3.13. The van der Waals surface area contributed by atoms with E-state index in [1.165, 1.54) is 53.7 Å². The lowest BCUT2D eigenvalue weighted by atomic mass is 10.1. The van der Waals surface area contributed by atoms with Gasteiger partial charge < -0.3 is 10.6 Å². The van der Waals surface area contributed by atoms with E-state index in [0.717, 1.165) is 0 Å². The van der Waals surface area contributed by atoms with Crippen LogP contribution in [0.1, 0.15) is 30.1 Å². The Morgan fingerprint density at radius 1 is 1.10 bits per heavy atom. The molecule has 2 aromatic rings. The van der Waals surface area contributed by atoms with E-state index in [-0.39, 0.29) is 35.5 Å². The molecule has 7 nitrogen and oxygen atoms in total. The van der Waals surface area contributed by atoms with Gasteiger partial charge in [0.25, 0.3) is 5.91 Å². The van der Waals surface area contributed by atoms with Crippen LogP contribution in [0.5, 0.6) is 0 Å². The fraction of sp³-hybridized carbons (Fsp3) is 0.300. The molecule has 0 radical (unpaired) electrons. The van der Waals surface area contributed by atoms with E-state index in [9.17, 15) is 22.4 Å². The molecule has 160 valence electrons. The summed E-state index contributed by atoms with van der Waals surface area (Å²) < 4.78 is 41.5. The molecule has 0 bridgehead atoms. The third-order valence-electron chi connectivity index (χ3n) is 4.77. The van der Waals surface area contributed by atoms with Crippen LogP contribution >= 0.6 is 15.9 Å². The van der Waals surface area contributed by atoms with E-state index >= 15 is 0 Å². The second kappa shape index (κ2) is 9.23. The van der Waals surface area contributed by atoms with Crippen molar-refractivity contribution in [1.82, 2.24) is 9.62 Å². The van der Waals surface area contributed by atoms with Crippen molar-refractivity contribution < 1.29 is 22.4 Å². The van der Waals surface area contributed by atoms with Crippen LogP contribution in [0.2, 0.25) is 0 Å². The number of nitrogens with one attached hydrogen (secondary N) is 2. The zero-order valence-electron chi connectivity index (χ0n) is 16.2. The van der Waals surface area contributed by atoms with Gasteiger partial charge in [-0.2, -0.15) is 4.31 Å². The minimum absolute atomic E-state index is 0.0568. The first-order valence-electron chi connectivity index (χ1n) is 9.30. The van der Waals surface area contributed by atoms with E-state index in [2.05, 4.69) is 26.6 Å². The molecule has 0 aromatic heterocycles. The van der Waals surface area contributed by atoms with Gasteiger partial charge in [0.2, 0.25) is 15.9 Å². The third-order valence-corrected chi connectivity index (χ3v) is 7.18. The standard InChI is InChI=1S/C20H21BrFN3O4S/c1-13(26)23-15-3-5-17(6-4-15)30(28,29)25-10-8-16(9-11-25)24-20(27)18-12-14(21)2-7-19(18)22/h2-7,12,16H,8-11H2,1H3,(H,23,26)(H,24,27). The molecule has 0 saturated carbocycles. The largest absolute Gasteiger partial charge is 0.349 e. The fourth-order valence-corrected chi connectivity index (χ4v) is 5.07. The summed E-state index contributed by atoms with van der Waals surface area (Å²) in [6.07, 6.45) is 0.842. The first-order valence-corrected chi connectivity index (χ1v) is 11.5. The fourth-order valence-electron chi connectivity index (χ4n) is 3.24. The van der Waals surface area contributed by atoms with Crippen molar-refractivity contribution in [2.24, 2.45) is 0 Å². The molecule has 1 aliphatic heterocycles. The highest BCUT2D eigenvalue weighted by atomic mass is 79.9. The van der Waals surface area contributed by atoms with Crippen LogP contribution in [0, 0.1) is 5.82 Å². The minimum Gasteiger partial charge on any atom is -0.349 e. The van der Waals surface area contributed by atoms with E-state index in [1.54, 1.807) is 0 Å². The quantitative estimate of drug-likeness (QED) is 0.663. The monoisotopic (exact) mass is 497 g/mol. The number of sulfonamides is 1. The van der Waals surface area contributed by atoms with Gasteiger partial charge in [-0.05, 0) is 55.3 Å². The zero-order valence-corrected chi connectivity index (χ0v) is 18.6. The van der Waals surface area contributed by atoms with Crippen molar-refractivity contribution in [2.45, 2.75) is 30.7 Å². The lowest BCUT2D eigenvalue weighted by molar-refractivity contribution is -0.114. The average Bonchev–Trinajstić information content (AvgIpc) is 2.70. The summed E-state index contributed by atoms with van der Waals surface area (Å²) in [6.45, 7) is 1.85. The second-order valence-corrected chi connectivity index (χ2v) is 9.84. The molecular weight excluding hydrogens is 477 g/mol. The topological polar surface area (TPSA) is 95.6 Å². The number of hydrogen-bond donors (Lipinski definition) is 2. The van der Waals surface area contributed by atoms with Gasteiger partial charge in [0, 0.05) is 36.2 Å². The smallest absolute Gasteiger partial charge is 0.254 e. The van der Waals surface area contributed by atoms with E-state index in [0.29, 0.717) is 23.0 Å². The number of carbonyl (C=O) groups excluding carboxylic acids is 2. The summed E-state index contributed by atoms with van der Waals surface area (Å²) in [5.74, 6) is -1.38. The molecule has 2 aromatic carbocycles. The highest BCUT2D eigenvalue weighted by molar-refractivity contribution is 9.10. The maximum absolute atomic E-state index is 13.9. The first kappa shape index (κ1) is 22.4. The van der Waals surface area contributed by atoms with Crippen molar-refractivity contribution in [1.29, 1.82) is 0 Å². The van der Waals surface area contributed by atoms with Gasteiger partial charge >= 0.3 is 0 Å². The molecule has 0 atom stereocenters. The Hall–Kier alpha value is -2.30. The highest BCUT2D eigenvalue weighted by Gasteiger charge is 2.30. The molecule has 30 heavy (non-hydrogen) atoms. The van der Waals surface area contributed by atoms with Gasteiger partial charge in [-0.25, -0.2) is 12.8 Å². The summed E-state index contributed by atoms with van der Waals surface area (Å²) in [5.41, 5.74) is 0.460. The minimum atomic E-state index is -3.68. The molecule has 1 heterocycles. The van der Waals surface area contributed by atoms with Crippen LogP contribution in [0.15, 0.2) is 51.8 Å². The summed E-state index contributed by atoms with van der Waals surface area (Å²) in [5, 5.41) is 5.37. The van der Waals surface area contributed by atoms with Gasteiger partial charge in [-0.15, -0.1) is 0 Å². The van der Waals surface area contributed by atoms with E-state index < -0.39 is 21.7 Å². The van der Waals surface area contributed by atoms with Gasteiger partial charge in [-0.1, -0.05) is 15.9 Å². The van der Waals surface area contributed by atoms with Crippen molar-refractivity contribution in [3.63, 3.8) is 0 Å². The van der Waals surface area contributed by atoms with Crippen molar-refractivity contribution in [3.8, 4) is 0 Å². The number of amides is 2. The molecule has 2 amide bonds. The van der Waals surface area contributed by atoms with E-state index in [4.69, 9.17) is 0 Å². The molecule has 1 aliphatic rings. The SMILES string of the molecule is CC(=O)Nc1ccc(S(=O)(=O)N2CCC(NC(=O)c3cc(Br)ccc3F)CC2)cc1. The highest BCUT2D eigenvalue weighted by Crippen LogP contribution is 2.23. The molecule has 0 unspecified atom stereocenters. The lowest BCUT2D eigenvalue weighted by Gasteiger charge is -2.31. The van der Waals surface area contributed by atoms with Crippen LogP contribution in [-0.2, 0) is 14.8 Å². The molecule has 3 rings (SSSR count). The number of carbonyl (C=O) groups is 2. The molecule has 1 saturated heterocycles. The Kier molecular flexibility index (Phi) is 6.89. The first-order chi connectivity index (χ1) is 14.2. The summed E-state index contributed by atoms with van der Waals surface area (Å²) >= 11 is 3.22. The average molecular weight is 498 g/mol. The van der Waals surface area contributed by atoms with Gasteiger partial charge in [0.15, 0.2) is 0 Å². The zero-order chi connectivity index (χ0) is 21.9. The molecule has 10 heteroatoms. The maximum Gasteiger partial charge on any atom is 0.254 e. The normalized spacial score (nSPS) is 15.6. The van der Waals surface area contributed by atoms with Gasteiger partial charge in [-0.3, -0.25) is 9.59 Å². The number of nitrogens with zero attached hydrogens (tertiary/aromatic N) is 1. The van der Waals surface area contributed by atoms with Gasteiger partial charge in [0.1, 0.15) is 5.82 Å². The lowest BCUT2D eigenvalue weighted by Crippen LogP contribution is -2.46. The number of benzene rings is 2. The van der Waals surface area contributed by atoms with Gasteiger partial charge in [0.05, 0.1) is 10.5 Å². The van der Waals surface area contributed by atoms with Crippen molar-refractivity contribution in [2.75, 3.05) is 18.4 Å². The second-order valence-electron chi connectivity index (χ2n) is 6.98. The molecule has 0 spiro atoms. The Morgan fingerprint density at radius 3 is 2.33 bits per heavy atom. The molecule has 1 fully saturated rings. The van der Waals surface area contributed by atoms with Crippen LogP contribution in [0.3, 0.4) is 0 Å². The van der Waals surface area contributed by atoms with Crippen LogP contribution in [0.25, 0.3) is 0 Å².